The van der Waals surface area contributed by atoms with E-state index in [1.165, 1.54) is 0 Å². The van der Waals surface area contributed by atoms with Crippen molar-refractivity contribution in [3.8, 4) is 0 Å². The van der Waals surface area contributed by atoms with Crippen LogP contribution in [0.1, 0.15) is 48.5 Å². The van der Waals surface area contributed by atoms with E-state index in [1.54, 1.807) is 10.9 Å². The van der Waals surface area contributed by atoms with Gasteiger partial charge in [0.15, 0.2) is 5.82 Å². The minimum atomic E-state index is -0.126. The van der Waals surface area contributed by atoms with E-state index < -0.39 is 0 Å². The molecule has 0 fully saturated rings. The van der Waals surface area contributed by atoms with Crippen LogP contribution >= 0.6 is 0 Å². The summed E-state index contributed by atoms with van der Waals surface area (Å²) in [5.41, 5.74) is 2.52. The Hall–Kier alpha value is -3.30. The molecule has 0 bridgehead atoms. The first kappa shape index (κ1) is 21.9. The van der Waals surface area contributed by atoms with Crippen LogP contribution in [0, 0.1) is 6.92 Å². The van der Waals surface area contributed by atoms with E-state index in [2.05, 4.69) is 38.4 Å². The highest BCUT2D eigenvalue weighted by Crippen LogP contribution is 2.25. The molecule has 0 saturated carbocycles. The molecule has 0 amide bonds. The molecule has 1 atom stereocenters. The summed E-state index contributed by atoms with van der Waals surface area (Å²) in [6.45, 7) is 5.62. The average molecular weight is 437 g/mol. The van der Waals surface area contributed by atoms with Crippen LogP contribution < -0.4 is 5.56 Å². The molecular weight excluding hydrogens is 408 g/mol. The summed E-state index contributed by atoms with van der Waals surface area (Å²) in [6, 6.07) is 11.5. The number of aromatic nitrogens is 5. The van der Waals surface area contributed by atoms with Crippen molar-refractivity contribution in [2.45, 2.75) is 45.8 Å². The number of hydrogen-bond acceptors (Lipinski definition) is 7. The van der Waals surface area contributed by atoms with E-state index in [-0.39, 0.29) is 18.2 Å². The lowest BCUT2D eigenvalue weighted by molar-refractivity contribution is 0.152. The van der Waals surface area contributed by atoms with Crippen molar-refractivity contribution in [1.82, 2.24) is 30.1 Å². The van der Waals surface area contributed by atoms with Gasteiger partial charge in [0.05, 0.1) is 12.3 Å². The van der Waals surface area contributed by atoms with E-state index in [0.29, 0.717) is 37.4 Å². The first-order valence-electron chi connectivity index (χ1n) is 10.8. The summed E-state index contributed by atoms with van der Waals surface area (Å²) >= 11 is 0. The Morgan fingerprint density at radius 3 is 2.91 bits per heavy atom. The summed E-state index contributed by atoms with van der Waals surface area (Å²) in [6.07, 6.45) is 2.95. The lowest BCUT2D eigenvalue weighted by Gasteiger charge is -2.30. The number of furan rings is 1. The molecule has 0 unspecified atom stereocenters. The number of aryl methyl sites for hydroxylation is 1. The first-order chi connectivity index (χ1) is 15.6. The Labute approximate surface area is 185 Å². The second-order valence-electron chi connectivity index (χ2n) is 7.96. The Morgan fingerprint density at radius 1 is 1.28 bits per heavy atom. The second kappa shape index (κ2) is 9.88. The van der Waals surface area contributed by atoms with Gasteiger partial charge in [-0.3, -0.25) is 9.69 Å². The van der Waals surface area contributed by atoms with Gasteiger partial charge in [-0.25, -0.2) is 4.68 Å². The van der Waals surface area contributed by atoms with Crippen LogP contribution in [0.2, 0.25) is 0 Å². The van der Waals surface area contributed by atoms with Gasteiger partial charge < -0.3 is 14.5 Å². The van der Waals surface area contributed by atoms with E-state index in [4.69, 9.17) is 4.42 Å². The maximum Gasteiger partial charge on any atom is 0.252 e. The molecule has 9 heteroatoms. The Balaban J connectivity index is 1.66. The number of aromatic amines is 1. The molecule has 1 aromatic carbocycles. The molecule has 4 aromatic rings. The maximum absolute atomic E-state index is 12.8. The highest BCUT2D eigenvalue weighted by molar-refractivity contribution is 5.79. The van der Waals surface area contributed by atoms with Crippen molar-refractivity contribution in [2.24, 2.45) is 0 Å². The predicted molar refractivity (Wildman–Crippen MR) is 120 cm³/mol. The molecule has 0 aliphatic carbocycles. The summed E-state index contributed by atoms with van der Waals surface area (Å²) in [5.74, 6) is 1.46. The standard InChI is InChI=1S/C23H28N6O3/c1-3-21(22-25-26-27-29(22)15-19-6-4-11-32-19)28(9-5-10-30)14-18-13-17-12-16(2)7-8-20(17)24-23(18)31/h4,6-8,11-13,21,30H,3,5,9-10,14-15H2,1-2H3,(H,24,31)/t21-/m0/s1. The van der Waals surface area contributed by atoms with Crippen LogP contribution in [0.4, 0.5) is 0 Å². The van der Waals surface area contributed by atoms with Crippen LogP contribution in [-0.2, 0) is 13.1 Å². The molecule has 3 aromatic heterocycles. The minimum Gasteiger partial charge on any atom is -0.467 e. The minimum absolute atomic E-state index is 0.0670. The van der Waals surface area contributed by atoms with Gasteiger partial charge in [-0.2, -0.15) is 0 Å². The third-order valence-electron chi connectivity index (χ3n) is 5.62. The highest BCUT2D eigenvalue weighted by atomic mass is 16.3. The number of nitrogens with zero attached hydrogens (tertiary/aromatic N) is 5. The number of rotatable bonds is 10. The maximum atomic E-state index is 12.8. The first-order valence-corrected chi connectivity index (χ1v) is 10.8. The van der Waals surface area contributed by atoms with Gasteiger partial charge in [0, 0.05) is 30.8 Å². The number of nitrogens with one attached hydrogen (secondary N) is 1. The molecule has 0 saturated heterocycles. The van der Waals surface area contributed by atoms with E-state index in [1.807, 2.05) is 37.3 Å². The average Bonchev–Trinajstić information content (AvgIpc) is 3.46. The molecule has 0 aliphatic heterocycles. The number of pyridine rings is 1. The lowest BCUT2D eigenvalue weighted by atomic mass is 10.1. The van der Waals surface area contributed by atoms with Gasteiger partial charge in [-0.05, 0) is 65.9 Å². The van der Waals surface area contributed by atoms with Gasteiger partial charge >= 0.3 is 0 Å². The number of hydrogen-bond donors (Lipinski definition) is 2. The number of aliphatic hydroxyl groups is 1. The normalized spacial score (nSPS) is 12.6. The molecule has 0 spiro atoms. The van der Waals surface area contributed by atoms with Crippen molar-refractivity contribution >= 4 is 10.9 Å². The molecule has 4 rings (SSSR count). The molecule has 32 heavy (non-hydrogen) atoms. The summed E-state index contributed by atoms with van der Waals surface area (Å²) in [7, 11) is 0. The smallest absolute Gasteiger partial charge is 0.252 e. The third-order valence-corrected chi connectivity index (χ3v) is 5.62. The van der Waals surface area contributed by atoms with Gasteiger partial charge in [-0.15, -0.1) is 5.10 Å². The predicted octanol–water partition coefficient (Wildman–Crippen LogP) is 2.80. The number of H-pyrrole nitrogens is 1. The highest BCUT2D eigenvalue weighted by Gasteiger charge is 2.26. The second-order valence-corrected chi connectivity index (χ2v) is 7.96. The van der Waals surface area contributed by atoms with E-state index in [0.717, 1.165) is 28.6 Å². The number of tetrazole rings is 1. The number of aliphatic hydroxyl groups excluding tert-OH is 1. The van der Waals surface area contributed by atoms with Gasteiger partial charge in [0.1, 0.15) is 12.3 Å². The van der Waals surface area contributed by atoms with Gasteiger partial charge in [0.2, 0.25) is 0 Å². The van der Waals surface area contributed by atoms with Crippen LogP contribution in [-0.4, -0.2) is 48.3 Å². The fourth-order valence-electron chi connectivity index (χ4n) is 4.04. The zero-order chi connectivity index (χ0) is 22.5. The van der Waals surface area contributed by atoms with Crippen LogP contribution in [0.25, 0.3) is 10.9 Å². The van der Waals surface area contributed by atoms with Crippen molar-refractivity contribution in [2.75, 3.05) is 13.2 Å². The van der Waals surface area contributed by atoms with Crippen LogP contribution in [0.5, 0.6) is 0 Å². The van der Waals surface area contributed by atoms with Crippen LogP contribution in [0.3, 0.4) is 0 Å². The fourth-order valence-corrected chi connectivity index (χ4v) is 4.04. The molecule has 9 nitrogen and oxygen atoms in total. The SMILES string of the molecule is CC[C@@H](c1nnnn1Cc1ccco1)N(CCCO)Cc1cc2cc(C)ccc2[nH]c1=O. The van der Waals surface area contributed by atoms with Gasteiger partial charge in [0.25, 0.3) is 5.56 Å². The summed E-state index contributed by atoms with van der Waals surface area (Å²) in [4.78, 5) is 18.0. The topological polar surface area (TPSA) is 113 Å². The van der Waals surface area contributed by atoms with Crippen molar-refractivity contribution in [3.63, 3.8) is 0 Å². The zero-order valence-electron chi connectivity index (χ0n) is 18.4. The molecule has 0 aliphatic rings. The molecular formula is C23H28N6O3. The Morgan fingerprint density at radius 2 is 2.16 bits per heavy atom. The van der Waals surface area contributed by atoms with Crippen molar-refractivity contribution < 1.29 is 9.52 Å². The lowest BCUT2D eigenvalue weighted by Crippen LogP contribution is -2.34. The molecule has 2 N–H and O–H groups in total. The molecule has 168 valence electrons. The van der Waals surface area contributed by atoms with Gasteiger partial charge in [-0.1, -0.05) is 18.6 Å². The summed E-state index contributed by atoms with van der Waals surface area (Å²) < 4.78 is 7.18. The van der Waals surface area contributed by atoms with E-state index in [9.17, 15) is 9.90 Å². The Kier molecular flexibility index (Phi) is 6.77. The monoisotopic (exact) mass is 436 g/mol. The summed E-state index contributed by atoms with van der Waals surface area (Å²) in [5, 5.41) is 22.8. The fraction of sp³-hybridized carbons (Fsp3) is 0.391. The third kappa shape index (κ3) is 4.79. The molecule has 3 heterocycles. The largest absolute Gasteiger partial charge is 0.467 e. The van der Waals surface area contributed by atoms with Crippen molar-refractivity contribution in [3.05, 3.63) is 75.7 Å². The van der Waals surface area contributed by atoms with E-state index >= 15 is 0 Å². The van der Waals surface area contributed by atoms with Crippen LogP contribution in [0.15, 0.2) is 51.9 Å². The number of benzene rings is 1. The zero-order valence-corrected chi connectivity index (χ0v) is 18.4. The molecule has 0 radical (unpaired) electrons. The van der Waals surface area contributed by atoms with Crippen molar-refractivity contribution in [1.29, 1.82) is 0 Å². The quantitative estimate of drug-likeness (QED) is 0.393. The number of fused-ring (bicyclic) bond motifs is 1. The Bertz CT molecular complexity index is 1210.